The highest BCUT2D eigenvalue weighted by Gasteiger charge is 2.10. The van der Waals surface area contributed by atoms with E-state index in [2.05, 4.69) is 46.7 Å². The molecule has 0 fully saturated rings. The van der Waals surface area contributed by atoms with Crippen molar-refractivity contribution in [2.24, 2.45) is 0 Å². The summed E-state index contributed by atoms with van der Waals surface area (Å²) in [4.78, 5) is 13.4. The highest BCUT2D eigenvalue weighted by atomic mass is 16.5. The second-order valence-corrected chi connectivity index (χ2v) is 6.55. The van der Waals surface area contributed by atoms with Gasteiger partial charge in [-0.25, -0.2) is 0 Å². The molecule has 0 radical (unpaired) electrons. The molecule has 7 heteroatoms. The standard InChI is InChI=1S/C20H23N5O2/c1-14(2)16-7-9-17(10-8-16)20-22-24-25(23-20)13-19(26)21-12-15-5-4-6-18(11-15)27-3/h4-11,14H,12-13H2,1-3H3,(H,21,26). The van der Waals surface area contributed by atoms with Crippen LogP contribution in [0, 0.1) is 0 Å². The van der Waals surface area contributed by atoms with Crippen LogP contribution in [0.4, 0.5) is 0 Å². The molecule has 1 N–H and O–H groups in total. The topological polar surface area (TPSA) is 81.9 Å². The summed E-state index contributed by atoms with van der Waals surface area (Å²) in [6, 6.07) is 15.6. The van der Waals surface area contributed by atoms with Crippen LogP contribution in [0.5, 0.6) is 5.75 Å². The molecule has 3 aromatic rings. The number of benzene rings is 2. The van der Waals surface area contributed by atoms with Crippen molar-refractivity contribution < 1.29 is 9.53 Å². The number of nitrogens with one attached hydrogen (secondary N) is 1. The SMILES string of the molecule is COc1cccc(CNC(=O)Cn2nnc(-c3ccc(C(C)C)cc3)n2)c1. The number of hydrogen-bond acceptors (Lipinski definition) is 5. The van der Waals surface area contributed by atoms with Crippen LogP contribution < -0.4 is 10.1 Å². The Morgan fingerprint density at radius 2 is 1.96 bits per heavy atom. The van der Waals surface area contributed by atoms with Crippen LogP contribution in [0.2, 0.25) is 0 Å². The van der Waals surface area contributed by atoms with Gasteiger partial charge in [-0.3, -0.25) is 4.79 Å². The summed E-state index contributed by atoms with van der Waals surface area (Å²) in [5.41, 5.74) is 3.09. The lowest BCUT2D eigenvalue weighted by Crippen LogP contribution is -2.28. The van der Waals surface area contributed by atoms with Crippen molar-refractivity contribution in [1.82, 2.24) is 25.5 Å². The predicted octanol–water partition coefficient (Wildman–Crippen LogP) is 2.79. The van der Waals surface area contributed by atoms with Gasteiger partial charge in [0.05, 0.1) is 7.11 Å². The van der Waals surface area contributed by atoms with E-state index in [4.69, 9.17) is 4.74 Å². The molecule has 0 aliphatic carbocycles. The summed E-state index contributed by atoms with van der Waals surface area (Å²) in [5.74, 6) is 1.55. The molecule has 2 aromatic carbocycles. The van der Waals surface area contributed by atoms with Crippen molar-refractivity contribution >= 4 is 5.91 Å². The zero-order valence-electron chi connectivity index (χ0n) is 15.7. The fourth-order valence-corrected chi connectivity index (χ4v) is 2.61. The first-order chi connectivity index (χ1) is 13.0. The van der Waals surface area contributed by atoms with E-state index in [1.165, 1.54) is 10.4 Å². The van der Waals surface area contributed by atoms with Crippen molar-refractivity contribution in [2.45, 2.75) is 32.9 Å². The largest absolute Gasteiger partial charge is 0.497 e. The zero-order valence-corrected chi connectivity index (χ0v) is 15.7. The van der Waals surface area contributed by atoms with Crippen LogP contribution >= 0.6 is 0 Å². The Morgan fingerprint density at radius 3 is 2.67 bits per heavy atom. The van der Waals surface area contributed by atoms with Gasteiger partial charge in [-0.1, -0.05) is 50.2 Å². The van der Waals surface area contributed by atoms with Crippen LogP contribution in [0.1, 0.15) is 30.9 Å². The lowest BCUT2D eigenvalue weighted by molar-refractivity contribution is -0.122. The second kappa shape index (κ2) is 8.44. The van der Waals surface area contributed by atoms with Crippen LogP contribution in [0.25, 0.3) is 11.4 Å². The van der Waals surface area contributed by atoms with Gasteiger partial charge in [0.25, 0.3) is 0 Å². The molecule has 27 heavy (non-hydrogen) atoms. The molecule has 7 nitrogen and oxygen atoms in total. The highest BCUT2D eigenvalue weighted by molar-refractivity contribution is 5.75. The molecule has 1 amide bonds. The van der Waals surface area contributed by atoms with Crippen molar-refractivity contribution in [3.63, 3.8) is 0 Å². The number of tetrazole rings is 1. The number of rotatable bonds is 7. The average Bonchev–Trinajstić information content (AvgIpc) is 3.15. The van der Waals surface area contributed by atoms with Crippen LogP contribution in [-0.2, 0) is 17.9 Å². The zero-order chi connectivity index (χ0) is 19.2. The summed E-state index contributed by atoms with van der Waals surface area (Å²) < 4.78 is 5.18. The molecule has 140 valence electrons. The molecule has 0 bridgehead atoms. The Balaban J connectivity index is 1.57. The van der Waals surface area contributed by atoms with Gasteiger partial charge in [-0.05, 0) is 34.4 Å². The number of hydrogen-bond donors (Lipinski definition) is 1. The minimum Gasteiger partial charge on any atom is -0.497 e. The number of methoxy groups -OCH3 is 1. The number of carbonyl (C=O) groups is 1. The lowest BCUT2D eigenvalue weighted by Gasteiger charge is -2.06. The Hall–Kier alpha value is -3.22. The monoisotopic (exact) mass is 365 g/mol. The first kappa shape index (κ1) is 18.6. The summed E-state index contributed by atoms with van der Waals surface area (Å²) in [5, 5.41) is 15.1. The smallest absolute Gasteiger partial charge is 0.243 e. The summed E-state index contributed by atoms with van der Waals surface area (Å²) in [7, 11) is 1.61. The van der Waals surface area contributed by atoms with E-state index in [0.717, 1.165) is 16.9 Å². The Kier molecular flexibility index (Phi) is 5.80. The molecule has 1 aromatic heterocycles. The molecule has 0 atom stereocenters. The van der Waals surface area contributed by atoms with Crippen molar-refractivity contribution in [3.8, 4) is 17.1 Å². The molecule has 0 spiro atoms. The van der Waals surface area contributed by atoms with Gasteiger partial charge in [-0.2, -0.15) is 4.80 Å². The summed E-state index contributed by atoms with van der Waals surface area (Å²) in [6.45, 7) is 4.72. The molecule has 0 saturated carbocycles. The van der Waals surface area contributed by atoms with Crippen LogP contribution in [0.15, 0.2) is 48.5 Å². The third kappa shape index (κ3) is 4.91. The van der Waals surface area contributed by atoms with Gasteiger partial charge >= 0.3 is 0 Å². The third-order valence-electron chi connectivity index (χ3n) is 4.20. The summed E-state index contributed by atoms with van der Waals surface area (Å²) >= 11 is 0. The van der Waals surface area contributed by atoms with E-state index in [1.807, 2.05) is 36.4 Å². The van der Waals surface area contributed by atoms with E-state index in [1.54, 1.807) is 7.11 Å². The highest BCUT2D eigenvalue weighted by Crippen LogP contribution is 2.19. The van der Waals surface area contributed by atoms with Gasteiger partial charge in [0.1, 0.15) is 12.3 Å². The van der Waals surface area contributed by atoms with Gasteiger partial charge in [0, 0.05) is 12.1 Å². The quantitative estimate of drug-likeness (QED) is 0.696. The predicted molar refractivity (Wildman–Crippen MR) is 102 cm³/mol. The Morgan fingerprint density at radius 1 is 1.19 bits per heavy atom. The van der Waals surface area contributed by atoms with Gasteiger partial charge in [0.15, 0.2) is 0 Å². The van der Waals surface area contributed by atoms with E-state index < -0.39 is 0 Å². The molecule has 0 unspecified atom stereocenters. The molecular formula is C20H23N5O2. The van der Waals surface area contributed by atoms with E-state index in [0.29, 0.717) is 18.3 Å². The first-order valence-electron chi connectivity index (χ1n) is 8.83. The van der Waals surface area contributed by atoms with E-state index >= 15 is 0 Å². The van der Waals surface area contributed by atoms with Crippen LogP contribution in [0.3, 0.4) is 0 Å². The van der Waals surface area contributed by atoms with Crippen LogP contribution in [-0.4, -0.2) is 33.2 Å². The molecule has 1 heterocycles. The van der Waals surface area contributed by atoms with Crippen molar-refractivity contribution in [3.05, 3.63) is 59.7 Å². The fraction of sp³-hybridized carbons (Fsp3) is 0.300. The lowest BCUT2D eigenvalue weighted by atomic mass is 10.0. The maximum atomic E-state index is 12.1. The molecule has 0 aliphatic rings. The number of amides is 1. The number of ether oxygens (including phenoxy) is 1. The van der Waals surface area contributed by atoms with Crippen molar-refractivity contribution in [1.29, 1.82) is 0 Å². The third-order valence-corrected chi connectivity index (χ3v) is 4.20. The first-order valence-corrected chi connectivity index (χ1v) is 8.83. The molecule has 0 saturated heterocycles. The number of aromatic nitrogens is 4. The van der Waals surface area contributed by atoms with Gasteiger partial charge < -0.3 is 10.1 Å². The maximum absolute atomic E-state index is 12.1. The van der Waals surface area contributed by atoms with E-state index in [9.17, 15) is 4.79 Å². The average molecular weight is 365 g/mol. The van der Waals surface area contributed by atoms with E-state index in [-0.39, 0.29) is 12.5 Å². The van der Waals surface area contributed by atoms with Gasteiger partial charge in [-0.15, -0.1) is 10.2 Å². The summed E-state index contributed by atoms with van der Waals surface area (Å²) in [6.07, 6.45) is 0. The Labute approximate surface area is 158 Å². The number of carbonyl (C=O) groups excluding carboxylic acids is 1. The Bertz CT molecular complexity index is 903. The fourth-order valence-electron chi connectivity index (χ4n) is 2.61. The molecular weight excluding hydrogens is 342 g/mol. The number of nitrogens with zero attached hydrogens (tertiary/aromatic N) is 4. The molecule has 3 rings (SSSR count). The minimum atomic E-state index is -0.183. The second-order valence-electron chi connectivity index (χ2n) is 6.55. The van der Waals surface area contributed by atoms with Gasteiger partial charge in [0.2, 0.25) is 11.7 Å². The normalized spacial score (nSPS) is 10.8. The molecule has 0 aliphatic heterocycles. The minimum absolute atomic E-state index is 0.0149. The van der Waals surface area contributed by atoms with Crippen molar-refractivity contribution in [2.75, 3.05) is 7.11 Å². The maximum Gasteiger partial charge on any atom is 0.243 e.